The lowest BCUT2D eigenvalue weighted by atomic mass is 10.2. The summed E-state index contributed by atoms with van der Waals surface area (Å²) in [5.41, 5.74) is 7.22. The average Bonchev–Trinajstić information content (AvgIpc) is 2.18. The monoisotopic (exact) mass is 244 g/mol. The van der Waals surface area contributed by atoms with Crippen LogP contribution in [-0.4, -0.2) is 25.2 Å². The van der Waals surface area contributed by atoms with E-state index in [0.29, 0.717) is 23.2 Å². The molecule has 0 fully saturated rings. The number of hydrogen-bond donors (Lipinski definition) is 2. The number of hydrogen-bond acceptors (Lipinski definition) is 3. The lowest BCUT2D eigenvalue weighted by molar-refractivity contribution is 0.211. The standard InChI is InChI=1S/C10H13ClN2OS/c1-14-5-4-13-9-6-7(11)2-3-8(9)10(12)15/h2-3,6,13H,4-5H2,1H3,(H2,12,15). The van der Waals surface area contributed by atoms with Crippen LogP contribution in [-0.2, 0) is 4.74 Å². The van der Waals surface area contributed by atoms with Crippen molar-refractivity contribution in [1.82, 2.24) is 0 Å². The Kier molecular flexibility index (Phi) is 4.81. The van der Waals surface area contributed by atoms with E-state index in [9.17, 15) is 0 Å². The van der Waals surface area contributed by atoms with Gasteiger partial charge in [0.25, 0.3) is 0 Å². The van der Waals surface area contributed by atoms with Crippen LogP contribution in [0.25, 0.3) is 0 Å². The molecule has 0 aliphatic rings. The fourth-order valence-electron chi connectivity index (χ4n) is 1.17. The lowest BCUT2D eigenvalue weighted by Gasteiger charge is -2.11. The molecule has 0 radical (unpaired) electrons. The maximum atomic E-state index is 5.88. The summed E-state index contributed by atoms with van der Waals surface area (Å²) in [4.78, 5) is 0.353. The molecule has 3 N–H and O–H groups in total. The van der Waals surface area contributed by atoms with Crippen LogP contribution in [0.3, 0.4) is 0 Å². The van der Waals surface area contributed by atoms with E-state index in [4.69, 9.17) is 34.3 Å². The molecule has 1 aromatic carbocycles. The number of anilines is 1. The molecule has 0 aliphatic carbocycles. The van der Waals surface area contributed by atoms with Crippen LogP contribution in [0.2, 0.25) is 5.02 Å². The first kappa shape index (κ1) is 12.2. The molecule has 0 aromatic heterocycles. The van der Waals surface area contributed by atoms with Gasteiger partial charge in [0, 0.05) is 29.9 Å². The number of benzene rings is 1. The topological polar surface area (TPSA) is 47.3 Å². The molecule has 0 unspecified atom stereocenters. The van der Waals surface area contributed by atoms with E-state index >= 15 is 0 Å². The molecule has 0 heterocycles. The minimum absolute atomic E-state index is 0.353. The largest absolute Gasteiger partial charge is 0.389 e. The number of halogens is 1. The number of thiocarbonyl (C=S) groups is 1. The summed E-state index contributed by atoms with van der Waals surface area (Å²) in [6.07, 6.45) is 0. The van der Waals surface area contributed by atoms with E-state index < -0.39 is 0 Å². The molecule has 0 bridgehead atoms. The minimum Gasteiger partial charge on any atom is -0.389 e. The highest BCUT2D eigenvalue weighted by molar-refractivity contribution is 7.80. The van der Waals surface area contributed by atoms with Crippen LogP contribution in [0, 0.1) is 0 Å². The molecule has 3 nitrogen and oxygen atoms in total. The molecule has 15 heavy (non-hydrogen) atoms. The normalized spacial score (nSPS) is 10.0. The van der Waals surface area contributed by atoms with Gasteiger partial charge in [-0.2, -0.15) is 0 Å². The van der Waals surface area contributed by atoms with E-state index in [-0.39, 0.29) is 0 Å². The van der Waals surface area contributed by atoms with E-state index in [0.717, 1.165) is 11.3 Å². The molecule has 0 saturated heterocycles. The molecular weight excluding hydrogens is 232 g/mol. The van der Waals surface area contributed by atoms with Crippen LogP contribution >= 0.6 is 23.8 Å². The van der Waals surface area contributed by atoms with E-state index in [2.05, 4.69) is 5.32 Å². The highest BCUT2D eigenvalue weighted by Gasteiger charge is 2.05. The number of rotatable bonds is 5. The number of ether oxygens (including phenoxy) is 1. The second-order valence-corrected chi connectivity index (χ2v) is 3.85. The third-order valence-corrected chi connectivity index (χ3v) is 2.32. The smallest absolute Gasteiger partial charge is 0.106 e. The SMILES string of the molecule is COCCNc1cc(Cl)ccc1C(N)=S. The molecule has 0 aliphatic heterocycles. The van der Waals surface area contributed by atoms with Gasteiger partial charge < -0.3 is 15.8 Å². The van der Waals surface area contributed by atoms with Gasteiger partial charge in [0.1, 0.15) is 4.99 Å². The molecule has 82 valence electrons. The maximum Gasteiger partial charge on any atom is 0.106 e. The number of nitrogens with one attached hydrogen (secondary N) is 1. The van der Waals surface area contributed by atoms with Gasteiger partial charge in [-0.25, -0.2) is 0 Å². The van der Waals surface area contributed by atoms with Crippen molar-refractivity contribution in [2.75, 3.05) is 25.6 Å². The van der Waals surface area contributed by atoms with Gasteiger partial charge in [-0.1, -0.05) is 23.8 Å². The van der Waals surface area contributed by atoms with Crippen molar-refractivity contribution < 1.29 is 4.74 Å². The summed E-state index contributed by atoms with van der Waals surface area (Å²) in [5, 5.41) is 3.81. The zero-order chi connectivity index (χ0) is 11.3. The van der Waals surface area contributed by atoms with Gasteiger partial charge >= 0.3 is 0 Å². The van der Waals surface area contributed by atoms with E-state index in [1.54, 1.807) is 25.3 Å². The first-order valence-corrected chi connectivity index (χ1v) is 5.26. The Morgan fingerprint density at radius 3 is 2.93 bits per heavy atom. The van der Waals surface area contributed by atoms with Gasteiger partial charge in [0.05, 0.1) is 6.61 Å². The van der Waals surface area contributed by atoms with Gasteiger partial charge in [-0.15, -0.1) is 0 Å². The van der Waals surface area contributed by atoms with Crippen molar-refractivity contribution in [3.63, 3.8) is 0 Å². The summed E-state index contributed by atoms with van der Waals surface area (Å²) in [5.74, 6) is 0. The van der Waals surface area contributed by atoms with Crippen molar-refractivity contribution in [2.24, 2.45) is 5.73 Å². The van der Waals surface area contributed by atoms with Crippen LogP contribution in [0.15, 0.2) is 18.2 Å². The van der Waals surface area contributed by atoms with Crippen molar-refractivity contribution in [3.8, 4) is 0 Å². The fourth-order valence-corrected chi connectivity index (χ4v) is 1.52. The Morgan fingerprint density at radius 1 is 1.60 bits per heavy atom. The molecule has 5 heteroatoms. The maximum absolute atomic E-state index is 5.88. The second-order valence-electron chi connectivity index (χ2n) is 2.97. The number of nitrogens with two attached hydrogens (primary N) is 1. The lowest BCUT2D eigenvalue weighted by Crippen LogP contribution is -2.15. The summed E-state index contributed by atoms with van der Waals surface area (Å²) < 4.78 is 4.93. The summed E-state index contributed by atoms with van der Waals surface area (Å²) in [6, 6.07) is 5.36. The molecular formula is C10H13ClN2OS. The van der Waals surface area contributed by atoms with Crippen molar-refractivity contribution in [1.29, 1.82) is 0 Å². The molecule has 1 aromatic rings. The Bertz CT molecular complexity index is 357. The summed E-state index contributed by atoms with van der Waals surface area (Å²) in [7, 11) is 1.65. The molecule has 0 spiro atoms. The van der Waals surface area contributed by atoms with Crippen molar-refractivity contribution in [3.05, 3.63) is 28.8 Å². The van der Waals surface area contributed by atoms with Gasteiger partial charge in [0.2, 0.25) is 0 Å². The first-order valence-electron chi connectivity index (χ1n) is 4.47. The van der Waals surface area contributed by atoms with Gasteiger partial charge in [-0.3, -0.25) is 0 Å². The quantitative estimate of drug-likeness (QED) is 0.615. The Morgan fingerprint density at radius 2 is 2.33 bits per heavy atom. The molecule has 0 saturated carbocycles. The Hall–Kier alpha value is -0.840. The van der Waals surface area contributed by atoms with Crippen LogP contribution in [0.5, 0.6) is 0 Å². The van der Waals surface area contributed by atoms with E-state index in [1.807, 2.05) is 0 Å². The average molecular weight is 245 g/mol. The highest BCUT2D eigenvalue weighted by atomic mass is 35.5. The second kappa shape index (κ2) is 5.90. The highest BCUT2D eigenvalue weighted by Crippen LogP contribution is 2.20. The minimum atomic E-state index is 0.353. The molecule has 0 amide bonds. The first-order chi connectivity index (χ1) is 7.15. The van der Waals surface area contributed by atoms with E-state index in [1.165, 1.54) is 0 Å². The summed E-state index contributed by atoms with van der Waals surface area (Å²) >= 11 is 10.8. The Balaban J connectivity index is 2.82. The summed E-state index contributed by atoms with van der Waals surface area (Å²) in [6.45, 7) is 1.30. The van der Waals surface area contributed by atoms with Crippen molar-refractivity contribution in [2.45, 2.75) is 0 Å². The number of methoxy groups -OCH3 is 1. The van der Waals surface area contributed by atoms with Crippen LogP contribution < -0.4 is 11.1 Å². The fraction of sp³-hybridized carbons (Fsp3) is 0.300. The van der Waals surface area contributed by atoms with Crippen LogP contribution in [0.1, 0.15) is 5.56 Å². The predicted octanol–water partition coefficient (Wildman–Crippen LogP) is 2.03. The zero-order valence-corrected chi connectivity index (χ0v) is 9.99. The van der Waals surface area contributed by atoms with Crippen LogP contribution in [0.4, 0.5) is 5.69 Å². The van der Waals surface area contributed by atoms with Gasteiger partial charge in [0.15, 0.2) is 0 Å². The Labute approximate surface area is 99.6 Å². The van der Waals surface area contributed by atoms with Gasteiger partial charge in [-0.05, 0) is 18.2 Å². The molecule has 1 rings (SSSR count). The zero-order valence-electron chi connectivity index (χ0n) is 8.42. The third kappa shape index (κ3) is 3.66. The third-order valence-electron chi connectivity index (χ3n) is 1.87. The van der Waals surface area contributed by atoms with Crippen molar-refractivity contribution >= 4 is 34.5 Å². The predicted molar refractivity (Wildman–Crippen MR) is 67.7 cm³/mol. The molecule has 0 atom stereocenters.